The standard InChI is InChI=1S/C13H23N3O4/c1-4-14-12(20)15-13(7-5-6-8-13)11(19)16(3)9(2)10(17)18/h9H,4-8H2,1-3H3,(H,17,18)(H2,14,15,20). The zero-order valence-electron chi connectivity index (χ0n) is 12.2. The van der Waals surface area contributed by atoms with E-state index in [0.717, 1.165) is 12.8 Å². The predicted molar refractivity (Wildman–Crippen MR) is 73.3 cm³/mol. The van der Waals surface area contributed by atoms with Gasteiger partial charge in [0.25, 0.3) is 0 Å². The number of hydrogen-bond acceptors (Lipinski definition) is 3. The van der Waals surface area contributed by atoms with Crippen LogP contribution < -0.4 is 10.6 Å². The molecule has 7 nitrogen and oxygen atoms in total. The molecule has 1 unspecified atom stereocenters. The van der Waals surface area contributed by atoms with Crippen molar-refractivity contribution >= 4 is 17.9 Å². The lowest BCUT2D eigenvalue weighted by Gasteiger charge is -2.34. The molecule has 1 rings (SSSR count). The molecule has 114 valence electrons. The maximum absolute atomic E-state index is 12.6. The minimum Gasteiger partial charge on any atom is -0.480 e. The Morgan fingerprint density at radius 3 is 2.30 bits per heavy atom. The van der Waals surface area contributed by atoms with Gasteiger partial charge in [-0.2, -0.15) is 0 Å². The van der Waals surface area contributed by atoms with E-state index < -0.39 is 17.6 Å². The number of aliphatic carboxylic acids is 1. The van der Waals surface area contributed by atoms with E-state index in [1.165, 1.54) is 18.9 Å². The second-order valence-electron chi connectivity index (χ2n) is 5.20. The predicted octanol–water partition coefficient (Wildman–Crippen LogP) is 0.550. The van der Waals surface area contributed by atoms with Crippen molar-refractivity contribution in [2.45, 2.75) is 51.1 Å². The summed E-state index contributed by atoms with van der Waals surface area (Å²) in [5.41, 5.74) is -0.974. The highest BCUT2D eigenvalue weighted by Crippen LogP contribution is 2.31. The number of likely N-dealkylation sites (N-methyl/N-ethyl adjacent to an activating group) is 1. The fourth-order valence-electron chi connectivity index (χ4n) is 2.47. The Bertz CT molecular complexity index is 391. The third-order valence-corrected chi connectivity index (χ3v) is 3.82. The van der Waals surface area contributed by atoms with Gasteiger partial charge in [-0.25, -0.2) is 9.59 Å². The van der Waals surface area contributed by atoms with Gasteiger partial charge in [-0.05, 0) is 26.7 Å². The van der Waals surface area contributed by atoms with Crippen LogP contribution in [0.2, 0.25) is 0 Å². The average Bonchev–Trinajstić information content (AvgIpc) is 2.85. The van der Waals surface area contributed by atoms with E-state index in [-0.39, 0.29) is 11.9 Å². The first-order valence-corrected chi connectivity index (χ1v) is 6.90. The van der Waals surface area contributed by atoms with Crippen molar-refractivity contribution in [1.82, 2.24) is 15.5 Å². The molecule has 0 aliphatic heterocycles. The first-order valence-electron chi connectivity index (χ1n) is 6.90. The van der Waals surface area contributed by atoms with Gasteiger partial charge in [0.15, 0.2) is 0 Å². The molecule has 7 heteroatoms. The fourth-order valence-corrected chi connectivity index (χ4v) is 2.47. The lowest BCUT2D eigenvalue weighted by Crippen LogP contribution is -2.61. The Hall–Kier alpha value is -1.79. The minimum absolute atomic E-state index is 0.337. The molecule has 1 aliphatic carbocycles. The second-order valence-corrected chi connectivity index (χ2v) is 5.20. The largest absolute Gasteiger partial charge is 0.480 e. The van der Waals surface area contributed by atoms with Gasteiger partial charge in [0.05, 0.1) is 0 Å². The van der Waals surface area contributed by atoms with Crippen LogP contribution >= 0.6 is 0 Å². The van der Waals surface area contributed by atoms with E-state index >= 15 is 0 Å². The average molecular weight is 285 g/mol. The number of carboxylic acid groups (broad SMARTS) is 1. The third-order valence-electron chi connectivity index (χ3n) is 3.82. The van der Waals surface area contributed by atoms with Crippen molar-refractivity contribution < 1.29 is 19.5 Å². The van der Waals surface area contributed by atoms with E-state index in [1.807, 2.05) is 0 Å². The Morgan fingerprint density at radius 1 is 1.30 bits per heavy atom. The second kappa shape index (κ2) is 6.58. The lowest BCUT2D eigenvalue weighted by atomic mass is 9.95. The van der Waals surface area contributed by atoms with Gasteiger partial charge in [0, 0.05) is 13.6 Å². The zero-order chi connectivity index (χ0) is 15.3. The number of hydrogen-bond donors (Lipinski definition) is 3. The summed E-state index contributed by atoms with van der Waals surface area (Å²) < 4.78 is 0. The topological polar surface area (TPSA) is 98.7 Å². The molecule has 0 bridgehead atoms. The maximum atomic E-state index is 12.6. The van der Waals surface area contributed by atoms with Crippen LogP contribution in [-0.4, -0.2) is 53.1 Å². The molecule has 0 aromatic heterocycles. The molecule has 3 N–H and O–H groups in total. The molecule has 3 amide bonds. The first kappa shape index (κ1) is 16.3. The quantitative estimate of drug-likeness (QED) is 0.687. The molecule has 1 fully saturated rings. The van der Waals surface area contributed by atoms with Gasteiger partial charge in [0.2, 0.25) is 5.91 Å². The van der Waals surface area contributed by atoms with Crippen LogP contribution in [0.4, 0.5) is 4.79 Å². The number of carbonyl (C=O) groups excluding carboxylic acids is 2. The molecular weight excluding hydrogens is 262 g/mol. The molecular formula is C13H23N3O4. The van der Waals surface area contributed by atoms with Crippen molar-refractivity contribution in [2.75, 3.05) is 13.6 Å². The minimum atomic E-state index is -1.06. The molecule has 0 heterocycles. The lowest BCUT2D eigenvalue weighted by molar-refractivity contribution is -0.150. The van der Waals surface area contributed by atoms with Crippen LogP contribution in [0, 0.1) is 0 Å². The van der Waals surface area contributed by atoms with E-state index in [2.05, 4.69) is 10.6 Å². The summed E-state index contributed by atoms with van der Waals surface area (Å²) in [4.78, 5) is 36.5. The van der Waals surface area contributed by atoms with Gasteiger partial charge in [0.1, 0.15) is 11.6 Å². The Morgan fingerprint density at radius 2 is 1.85 bits per heavy atom. The summed E-state index contributed by atoms with van der Waals surface area (Å²) in [6.45, 7) is 3.72. The summed E-state index contributed by atoms with van der Waals surface area (Å²) in [6, 6.07) is -1.31. The SMILES string of the molecule is CCNC(=O)NC1(C(=O)N(C)C(C)C(=O)O)CCCC1. The van der Waals surface area contributed by atoms with Crippen LogP contribution in [0.25, 0.3) is 0 Å². The maximum Gasteiger partial charge on any atom is 0.326 e. The van der Waals surface area contributed by atoms with Crippen molar-refractivity contribution in [3.8, 4) is 0 Å². The molecule has 1 saturated carbocycles. The Labute approximate surface area is 118 Å². The van der Waals surface area contributed by atoms with Gasteiger partial charge >= 0.3 is 12.0 Å². The number of carbonyl (C=O) groups is 3. The number of carboxylic acids is 1. The highest BCUT2D eigenvalue weighted by molar-refractivity contribution is 5.93. The van der Waals surface area contributed by atoms with Gasteiger partial charge in [-0.15, -0.1) is 0 Å². The summed E-state index contributed by atoms with van der Waals surface area (Å²) in [6.07, 6.45) is 2.76. The number of amides is 3. The highest BCUT2D eigenvalue weighted by atomic mass is 16.4. The summed E-state index contributed by atoms with van der Waals surface area (Å²) >= 11 is 0. The monoisotopic (exact) mass is 285 g/mol. The van der Waals surface area contributed by atoms with Crippen molar-refractivity contribution in [3.63, 3.8) is 0 Å². The summed E-state index contributed by atoms with van der Waals surface area (Å²) in [7, 11) is 1.46. The van der Waals surface area contributed by atoms with Gasteiger partial charge in [-0.1, -0.05) is 12.8 Å². The van der Waals surface area contributed by atoms with E-state index in [4.69, 9.17) is 5.11 Å². The number of nitrogens with one attached hydrogen (secondary N) is 2. The smallest absolute Gasteiger partial charge is 0.326 e. The molecule has 1 aliphatic rings. The van der Waals surface area contributed by atoms with Crippen molar-refractivity contribution in [2.24, 2.45) is 0 Å². The Balaban J connectivity index is 2.87. The van der Waals surface area contributed by atoms with Gasteiger partial charge in [-0.3, -0.25) is 4.79 Å². The molecule has 0 radical (unpaired) electrons. The number of rotatable bonds is 5. The van der Waals surface area contributed by atoms with E-state index in [1.54, 1.807) is 6.92 Å². The van der Waals surface area contributed by atoms with Crippen LogP contribution in [0.1, 0.15) is 39.5 Å². The Kier molecular flexibility index (Phi) is 5.35. The van der Waals surface area contributed by atoms with Gasteiger partial charge < -0.3 is 20.6 Å². The zero-order valence-corrected chi connectivity index (χ0v) is 12.2. The molecule has 0 aromatic rings. The van der Waals surface area contributed by atoms with Crippen molar-refractivity contribution in [1.29, 1.82) is 0 Å². The highest BCUT2D eigenvalue weighted by Gasteiger charge is 2.45. The number of urea groups is 1. The van der Waals surface area contributed by atoms with E-state index in [0.29, 0.717) is 19.4 Å². The third kappa shape index (κ3) is 3.40. The van der Waals surface area contributed by atoms with Crippen LogP contribution in [0.15, 0.2) is 0 Å². The van der Waals surface area contributed by atoms with Crippen molar-refractivity contribution in [3.05, 3.63) is 0 Å². The van der Waals surface area contributed by atoms with Crippen LogP contribution in [0.5, 0.6) is 0 Å². The van der Waals surface area contributed by atoms with Crippen LogP contribution in [-0.2, 0) is 9.59 Å². The number of nitrogens with zero attached hydrogens (tertiary/aromatic N) is 1. The molecule has 1 atom stereocenters. The van der Waals surface area contributed by atoms with Crippen LogP contribution in [0.3, 0.4) is 0 Å². The summed E-state index contributed by atoms with van der Waals surface area (Å²) in [5.74, 6) is -1.40. The molecule has 0 aromatic carbocycles. The normalized spacial score (nSPS) is 18.1. The first-order chi connectivity index (χ1) is 9.34. The van der Waals surface area contributed by atoms with E-state index in [9.17, 15) is 14.4 Å². The molecule has 20 heavy (non-hydrogen) atoms. The molecule has 0 saturated heterocycles. The summed E-state index contributed by atoms with van der Waals surface area (Å²) in [5, 5.41) is 14.3. The molecule has 0 spiro atoms. The fraction of sp³-hybridized carbons (Fsp3) is 0.769.